The molecule has 0 heterocycles. The highest BCUT2D eigenvalue weighted by Crippen LogP contribution is 2.48. The van der Waals surface area contributed by atoms with E-state index in [9.17, 15) is 0 Å². The van der Waals surface area contributed by atoms with E-state index < -0.39 is 0 Å². The molecule has 0 aromatic heterocycles. The number of allylic oxidation sites excluding steroid dienone is 9. The maximum atomic E-state index is 6.45. The van der Waals surface area contributed by atoms with Crippen LogP contribution in [0.3, 0.4) is 0 Å². The van der Waals surface area contributed by atoms with E-state index in [4.69, 9.17) is 4.74 Å². The Labute approximate surface area is 221 Å². The summed E-state index contributed by atoms with van der Waals surface area (Å²) in [5, 5.41) is 0. The highest BCUT2D eigenvalue weighted by atomic mass is 16.5. The van der Waals surface area contributed by atoms with Crippen molar-refractivity contribution >= 4 is 0 Å². The first kappa shape index (κ1) is 25.9. The van der Waals surface area contributed by atoms with Crippen LogP contribution >= 0.6 is 0 Å². The van der Waals surface area contributed by atoms with Crippen molar-refractivity contribution in [2.24, 2.45) is 59.2 Å². The Hall–Kier alpha value is -1.76. The summed E-state index contributed by atoms with van der Waals surface area (Å²) in [6, 6.07) is 0. The fourth-order valence-electron chi connectivity index (χ4n) is 8.03. The van der Waals surface area contributed by atoms with Crippen LogP contribution < -0.4 is 0 Å². The first-order valence-electron chi connectivity index (χ1n) is 15.1. The second-order valence-corrected chi connectivity index (χ2v) is 13.3. The fourth-order valence-corrected chi connectivity index (χ4v) is 8.03. The van der Waals surface area contributed by atoms with Gasteiger partial charge in [-0.2, -0.15) is 0 Å². The first-order valence-corrected chi connectivity index (χ1v) is 15.1. The molecule has 5 aliphatic carbocycles. The van der Waals surface area contributed by atoms with Gasteiger partial charge in [0.1, 0.15) is 0 Å². The van der Waals surface area contributed by atoms with Crippen molar-refractivity contribution in [2.75, 3.05) is 6.61 Å². The molecule has 1 nitrogen and oxygen atoms in total. The van der Waals surface area contributed by atoms with Crippen molar-refractivity contribution in [3.05, 3.63) is 73.1 Å². The lowest BCUT2D eigenvalue weighted by atomic mass is 9.82. The molecule has 4 bridgehead atoms. The lowest BCUT2D eigenvalue weighted by Crippen LogP contribution is -2.17. The molecule has 5 aliphatic rings. The Balaban J connectivity index is 1.12. The van der Waals surface area contributed by atoms with Crippen molar-refractivity contribution in [3.8, 4) is 0 Å². The molecular weight excluding hydrogens is 436 g/mol. The van der Waals surface area contributed by atoms with Crippen LogP contribution in [0, 0.1) is 59.2 Å². The molecule has 0 spiro atoms. The van der Waals surface area contributed by atoms with E-state index in [0.717, 1.165) is 54.8 Å². The highest BCUT2D eigenvalue weighted by Gasteiger charge is 2.38. The minimum atomic E-state index is 0.535. The molecule has 0 aromatic rings. The Bertz CT molecular complexity index is 867. The zero-order valence-corrected chi connectivity index (χ0v) is 23.0. The van der Waals surface area contributed by atoms with Gasteiger partial charge in [-0.1, -0.05) is 81.2 Å². The molecule has 0 amide bonds. The zero-order valence-electron chi connectivity index (χ0n) is 23.0. The van der Waals surface area contributed by atoms with Gasteiger partial charge < -0.3 is 4.74 Å². The number of hydrogen-bond acceptors (Lipinski definition) is 1. The minimum absolute atomic E-state index is 0.535. The van der Waals surface area contributed by atoms with Gasteiger partial charge in [0.15, 0.2) is 0 Å². The van der Waals surface area contributed by atoms with Crippen molar-refractivity contribution in [2.45, 2.75) is 78.1 Å². The molecule has 2 fully saturated rings. The third-order valence-corrected chi connectivity index (χ3v) is 10.5. The van der Waals surface area contributed by atoms with Crippen LogP contribution in [0.5, 0.6) is 0 Å². The number of rotatable bonds is 14. The summed E-state index contributed by atoms with van der Waals surface area (Å²) in [5.74, 6) is 7.94. The van der Waals surface area contributed by atoms with Crippen molar-refractivity contribution in [1.29, 1.82) is 0 Å². The summed E-state index contributed by atoms with van der Waals surface area (Å²) >= 11 is 0. The van der Waals surface area contributed by atoms with Gasteiger partial charge in [-0.15, -0.1) is 0 Å². The molecule has 0 radical (unpaired) electrons. The van der Waals surface area contributed by atoms with E-state index in [1.165, 1.54) is 62.5 Å². The van der Waals surface area contributed by atoms with E-state index in [1.807, 2.05) is 0 Å². The molecule has 0 aliphatic heterocycles. The SMILES string of the molecule is C=C(CCC(CCC(=C)C1CC2C=CC1C2)COC(=C)C1CC2C=CC1C2)C(C)CC1C=CC(C)C1. The van der Waals surface area contributed by atoms with E-state index in [0.29, 0.717) is 29.6 Å². The number of fused-ring (bicyclic) bond motifs is 4. The number of ether oxygens (including phenoxy) is 1. The lowest BCUT2D eigenvalue weighted by molar-refractivity contribution is 0.125. The second-order valence-electron chi connectivity index (χ2n) is 13.3. The van der Waals surface area contributed by atoms with E-state index >= 15 is 0 Å². The third-order valence-electron chi connectivity index (χ3n) is 10.5. The Morgan fingerprint density at radius 2 is 1.47 bits per heavy atom. The summed E-state index contributed by atoms with van der Waals surface area (Å²) in [4.78, 5) is 0. The molecule has 0 aromatic carbocycles. The van der Waals surface area contributed by atoms with Gasteiger partial charge >= 0.3 is 0 Å². The molecule has 0 N–H and O–H groups in total. The first-order chi connectivity index (χ1) is 17.4. The molecule has 0 saturated heterocycles. The normalized spacial score (nSPS) is 37.1. The molecule has 1 heteroatoms. The number of hydrogen-bond donors (Lipinski definition) is 0. The second kappa shape index (κ2) is 11.3. The van der Waals surface area contributed by atoms with Crippen molar-refractivity contribution in [1.82, 2.24) is 0 Å². The smallest absolute Gasteiger partial charge is 0.0925 e. The summed E-state index contributed by atoms with van der Waals surface area (Å²) in [5.41, 5.74) is 2.92. The topological polar surface area (TPSA) is 9.23 Å². The van der Waals surface area contributed by atoms with E-state index in [1.54, 1.807) is 0 Å². The summed E-state index contributed by atoms with van der Waals surface area (Å²) < 4.78 is 6.45. The molecule has 5 rings (SSSR count). The third kappa shape index (κ3) is 6.03. The molecule has 10 atom stereocenters. The van der Waals surface area contributed by atoms with Crippen LogP contribution in [-0.2, 0) is 4.74 Å². The van der Waals surface area contributed by atoms with Crippen molar-refractivity contribution in [3.63, 3.8) is 0 Å². The largest absolute Gasteiger partial charge is 0.498 e. The molecule has 196 valence electrons. The van der Waals surface area contributed by atoms with Crippen LogP contribution in [0.25, 0.3) is 0 Å². The van der Waals surface area contributed by atoms with Crippen molar-refractivity contribution < 1.29 is 4.74 Å². The quantitative estimate of drug-likeness (QED) is 0.175. The average molecular weight is 487 g/mol. The van der Waals surface area contributed by atoms with Gasteiger partial charge in [0.2, 0.25) is 0 Å². The zero-order chi connectivity index (χ0) is 25.2. The Morgan fingerprint density at radius 3 is 2.06 bits per heavy atom. The predicted molar refractivity (Wildman–Crippen MR) is 153 cm³/mol. The highest BCUT2D eigenvalue weighted by molar-refractivity contribution is 5.19. The Morgan fingerprint density at radius 1 is 0.806 bits per heavy atom. The predicted octanol–water partition coefficient (Wildman–Crippen LogP) is 9.47. The maximum absolute atomic E-state index is 6.45. The van der Waals surface area contributed by atoms with Gasteiger partial charge in [-0.25, -0.2) is 0 Å². The summed E-state index contributed by atoms with van der Waals surface area (Å²) in [6.07, 6.45) is 27.0. The molecular formula is C35H50O. The Kier molecular flexibility index (Phi) is 8.14. The summed E-state index contributed by atoms with van der Waals surface area (Å²) in [6.45, 7) is 19.0. The fraction of sp³-hybridized carbons (Fsp3) is 0.657. The molecule has 10 unspecified atom stereocenters. The minimum Gasteiger partial charge on any atom is -0.498 e. The standard InChI is InChI=1S/C35H50O/c1-23-6-9-29(16-23)17-26(4)24(2)7-10-28(11-8-25(3)34-20-30-12-14-32(34)18-30)22-36-27(5)35-21-31-13-15-33(35)19-31/h6,9,12-15,23,26,28-35H,2-3,5,7-8,10-11,16-22H2,1,4H3. The molecule has 2 saturated carbocycles. The average Bonchev–Trinajstić information content (AvgIpc) is 3.70. The van der Waals surface area contributed by atoms with Crippen LogP contribution in [0.2, 0.25) is 0 Å². The molecule has 36 heavy (non-hydrogen) atoms. The van der Waals surface area contributed by atoms with E-state index in [-0.39, 0.29) is 0 Å². The van der Waals surface area contributed by atoms with Gasteiger partial charge in [0.25, 0.3) is 0 Å². The van der Waals surface area contributed by atoms with Crippen LogP contribution in [-0.4, -0.2) is 6.61 Å². The summed E-state index contributed by atoms with van der Waals surface area (Å²) in [7, 11) is 0. The van der Waals surface area contributed by atoms with Crippen LogP contribution in [0.1, 0.15) is 78.1 Å². The van der Waals surface area contributed by atoms with Gasteiger partial charge in [0, 0.05) is 5.92 Å². The van der Waals surface area contributed by atoms with Gasteiger partial charge in [0.05, 0.1) is 12.4 Å². The van der Waals surface area contributed by atoms with Gasteiger partial charge in [-0.3, -0.25) is 0 Å². The van der Waals surface area contributed by atoms with Crippen LogP contribution in [0.15, 0.2) is 73.1 Å². The monoisotopic (exact) mass is 486 g/mol. The van der Waals surface area contributed by atoms with Gasteiger partial charge in [-0.05, 0) is 117 Å². The maximum Gasteiger partial charge on any atom is 0.0925 e. The lowest BCUT2D eigenvalue weighted by Gasteiger charge is -2.26. The van der Waals surface area contributed by atoms with Crippen LogP contribution in [0.4, 0.5) is 0 Å². The van der Waals surface area contributed by atoms with E-state index in [2.05, 4.69) is 70.0 Å².